The fraction of sp³-hybridized carbons (Fsp3) is 0.294. The summed E-state index contributed by atoms with van der Waals surface area (Å²) >= 11 is 0. The summed E-state index contributed by atoms with van der Waals surface area (Å²) in [6.45, 7) is 1.68. The second-order valence-corrected chi connectivity index (χ2v) is 9.72. The lowest BCUT2D eigenvalue weighted by Crippen LogP contribution is -2.22. The first kappa shape index (κ1) is 21.0. The van der Waals surface area contributed by atoms with E-state index in [1.165, 1.54) is 58.6 Å². The Bertz CT molecular complexity index is 1050. The molecule has 2 rings (SSSR count). The highest BCUT2D eigenvalue weighted by Gasteiger charge is 2.21. The fourth-order valence-corrected chi connectivity index (χ4v) is 4.33. The van der Waals surface area contributed by atoms with Crippen molar-refractivity contribution < 1.29 is 26.3 Å². The quantitative estimate of drug-likeness (QED) is 0.744. The number of rotatable bonds is 7. The Hall–Kier alpha value is -2.30. The minimum atomic E-state index is -3.97. The molecule has 10 heteroatoms. The van der Waals surface area contributed by atoms with Crippen LogP contribution in [-0.2, 0) is 20.0 Å². The smallest absolute Gasteiger partial charge is 0.262 e. The highest BCUT2D eigenvalue weighted by atomic mass is 32.2. The number of benzene rings is 2. The predicted octanol–water partition coefficient (Wildman–Crippen LogP) is 2.06. The van der Waals surface area contributed by atoms with Gasteiger partial charge in [0.05, 0.1) is 29.7 Å². The van der Waals surface area contributed by atoms with E-state index in [-0.39, 0.29) is 21.2 Å². The average molecular weight is 415 g/mol. The minimum Gasteiger partial charge on any atom is -0.493 e. The highest BCUT2D eigenvalue weighted by molar-refractivity contribution is 7.92. The van der Waals surface area contributed by atoms with Gasteiger partial charge in [-0.15, -0.1) is 0 Å². The highest BCUT2D eigenvalue weighted by Crippen LogP contribution is 2.31. The number of methoxy groups -OCH3 is 2. The monoisotopic (exact) mass is 414 g/mol. The summed E-state index contributed by atoms with van der Waals surface area (Å²) in [4.78, 5) is -0.0523. The third-order valence-electron chi connectivity index (χ3n) is 3.90. The van der Waals surface area contributed by atoms with E-state index in [0.29, 0.717) is 11.3 Å². The number of sulfonamides is 2. The van der Waals surface area contributed by atoms with Crippen molar-refractivity contribution >= 4 is 25.7 Å². The van der Waals surface area contributed by atoms with Gasteiger partial charge in [-0.25, -0.2) is 21.1 Å². The van der Waals surface area contributed by atoms with Gasteiger partial charge in [0.15, 0.2) is 11.5 Å². The van der Waals surface area contributed by atoms with Crippen molar-refractivity contribution in [1.82, 2.24) is 4.31 Å². The van der Waals surface area contributed by atoms with Crippen LogP contribution in [0.5, 0.6) is 11.5 Å². The Morgan fingerprint density at radius 3 is 2.00 bits per heavy atom. The van der Waals surface area contributed by atoms with E-state index in [4.69, 9.17) is 9.47 Å². The van der Waals surface area contributed by atoms with Gasteiger partial charge in [-0.1, -0.05) is 6.07 Å². The summed E-state index contributed by atoms with van der Waals surface area (Å²) in [6.07, 6.45) is 0. The SMILES string of the molecule is COc1ccc(S(=O)(=O)Nc2cc(S(=O)(=O)N(C)C)ccc2C)cc1OC. The zero-order chi connectivity index (χ0) is 20.4. The molecule has 0 aliphatic heterocycles. The molecule has 0 saturated heterocycles. The molecule has 148 valence electrons. The Kier molecular flexibility index (Phi) is 6.03. The van der Waals surface area contributed by atoms with Gasteiger partial charge in [0.1, 0.15) is 0 Å². The molecule has 0 radical (unpaired) electrons. The van der Waals surface area contributed by atoms with Crippen molar-refractivity contribution in [2.45, 2.75) is 16.7 Å². The van der Waals surface area contributed by atoms with Crippen LogP contribution in [0.15, 0.2) is 46.2 Å². The molecule has 27 heavy (non-hydrogen) atoms. The molecule has 8 nitrogen and oxygen atoms in total. The first-order valence-electron chi connectivity index (χ1n) is 7.81. The van der Waals surface area contributed by atoms with E-state index in [2.05, 4.69) is 4.72 Å². The molecule has 0 aliphatic carbocycles. The lowest BCUT2D eigenvalue weighted by atomic mass is 10.2. The maximum absolute atomic E-state index is 12.7. The zero-order valence-corrected chi connectivity index (χ0v) is 17.3. The van der Waals surface area contributed by atoms with E-state index in [1.54, 1.807) is 13.0 Å². The van der Waals surface area contributed by atoms with Gasteiger partial charge in [-0.05, 0) is 36.8 Å². The van der Waals surface area contributed by atoms with Gasteiger partial charge in [-0.3, -0.25) is 4.72 Å². The van der Waals surface area contributed by atoms with E-state index < -0.39 is 20.0 Å². The van der Waals surface area contributed by atoms with Gasteiger partial charge in [-0.2, -0.15) is 0 Å². The van der Waals surface area contributed by atoms with Crippen molar-refractivity contribution in [1.29, 1.82) is 0 Å². The molecule has 0 bridgehead atoms. The van der Waals surface area contributed by atoms with Crippen molar-refractivity contribution in [3.63, 3.8) is 0 Å². The second kappa shape index (κ2) is 7.75. The molecule has 0 aromatic heterocycles. The van der Waals surface area contributed by atoms with Gasteiger partial charge >= 0.3 is 0 Å². The third kappa shape index (κ3) is 4.34. The molecule has 0 atom stereocenters. The zero-order valence-electron chi connectivity index (χ0n) is 15.7. The topological polar surface area (TPSA) is 102 Å². The molecule has 0 heterocycles. The largest absolute Gasteiger partial charge is 0.493 e. The van der Waals surface area contributed by atoms with Crippen LogP contribution in [-0.4, -0.2) is 49.5 Å². The molecule has 0 unspecified atom stereocenters. The Morgan fingerprint density at radius 1 is 0.852 bits per heavy atom. The van der Waals surface area contributed by atoms with Crippen LogP contribution in [0, 0.1) is 6.92 Å². The summed E-state index contributed by atoms with van der Waals surface area (Å²) in [7, 11) is -2.00. The second-order valence-electron chi connectivity index (χ2n) is 5.89. The van der Waals surface area contributed by atoms with Gasteiger partial charge < -0.3 is 9.47 Å². The van der Waals surface area contributed by atoms with Crippen LogP contribution < -0.4 is 14.2 Å². The maximum Gasteiger partial charge on any atom is 0.262 e. The van der Waals surface area contributed by atoms with Crippen LogP contribution in [0.1, 0.15) is 5.56 Å². The predicted molar refractivity (Wildman–Crippen MR) is 102 cm³/mol. The summed E-state index contributed by atoms with van der Waals surface area (Å²) in [5, 5.41) is 0. The first-order chi connectivity index (χ1) is 12.5. The standard InChI is InChI=1S/C17H22N2O6S2/c1-12-6-7-14(27(22,23)19(2)3)10-15(12)18-26(20,21)13-8-9-16(24-4)17(11-13)25-5/h6-11,18H,1-5H3. The Balaban J connectivity index is 2.47. The van der Waals surface area contributed by atoms with Gasteiger partial charge in [0.25, 0.3) is 10.0 Å². The van der Waals surface area contributed by atoms with Crippen molar-refractivity contribution in [3.8, 4) is 11.5 Å². The normalized spacial score (nSPS) is 12.1. The molecule has 2 aromatic rings. The molecule has 0 fully saturated rings. The molecule has 0 amide bonds. The van der Waals surface area contributed by atoms with Crippen molar-refractivity contribution in [2.24, 2.45) is 0 Å². The van der Waals surface area contributed by atoms with E-state index >= 15 is 0 Å². The van der Waals surface area contributed by atoms with Gasteiger partial charge in [0.2, 0.25) is 10.0 Å². The summed E-state index contributed by atoms with van der Waals surface area (Å²) in [5.74, 6) is 0.660. The van der Waals surface area contributed by atoms with Crippen LogP contribution in [0.2, 0.25) is 0 Å². The lowest BCUT2D eigenvalue weighted by molar-refractivity contribution is 0.354. The number of nitrogens with zero attached hydrogens (tertiary/aromatic N) is 1. The Morgan fingerprint density at radius 2 is 1.44 bits per heavy atom. The van der Waals surface area contributed by atoms with Crippen molar-refractivity contribution in [2.75, 3.05) is 33.0 Å². The number of anilines is 1. The third-order valence-corrected chi connectivity index (χ3v) is 7.07. The van der Waals surface area contributed by atoms with E-state index in [0.717, 1.165) is 4.31 Å². The number of aryl methyl sites for hydroxylation is 1. The fourth-order valence-electron chi connectivity index (χ4n) is 2.27. The summed E-state index contributed by atoms with van der Waals surface area (Å²) in [5.41, 5.74) is 0.754. The minimum absolute atomic E-state index is 0.0110. The van der Waals surface area contributed by atoms with Crippen LogP contribution in [0.4, 0.5) is 5.69 Å². The van der Waals surface area contributed by atoms with E-state index in [1.807, 2.05) is 0 Å². The number of hydrogen-bond acceptors (Lipinski definition) is 6. The van der Waals surface area contributed by atoms with Crippen LogP contribution >= 0.6 is 0 Å². The molecular formula is C17H22N2O6S2. The number of hydrogen-bond donors (Lipinski definition) is 1. The first-order valence-corrected chi connectivity index (χ1v) is 10.7. The van der Waals surface area contributed by atoms with Crippen LogP contribution in [0.3, 0.4) is 0 Å². The number of ether oxygens (including phenoxy) is 2. The van der Waals surface area contributed by atoms with Crippen LogP contribution in [0.25, 0.3) is 0 Å². The number of nitrogens with one attached hydrogen (secondary N) is 1. The average Bonchev–Trinajstić information content (AvgIpc) is 2.62. The summed E-state index contributed by atoms with van der Waals surface area (Å²) in [6, 6.07) is 8.45. The summed E-state index contributed by atoms with van der Waals surface area (Å²) < 4.78 is 63.8. The molecular weight excluding hydrogens is 392 g/mol. The van der Waals surface area contributed by atoms with E-state index in [9.17, 15) is 16.8 Å². The Labute approximate surface area is 159 Å². The molecule has 0 saturated carbocycles. The molecule has 1 N–H and O–H groups in total. The van der Waals surface area contributed by atoms with Gasteiger partial charge in [0, 0.05) is 20.2 Å². The molecule has 2 aromatic carbocycles. The van der Waals surface area contributed by atoms with Crippen molar-refractivity contribution in [3.05, 3.63) is 42.0 Å². The molecule has 0 spiro atoms. The lowest BCUT2D eigenvalue weighted by Gasteiger charge is -2.16. The molecule has 0 aliphatic rings. The maximum atomic E-state index is 12.7.